The number of rotatable bonds is 13. The monoisotopic (exact) mass is 354 g/mol. The Balaban J connectivity index is 0.00000129. The Labute approximate surface area is 153 Å². The van der Waals surface area contributed by atoms with Crippen LogP contribution in [0.1, 0.15) is 90.8 Å². The van der Waals surface area contributed by atoms with E-state index in [-0.39, 0.29) is 0 Å². The fourth-order valence-corrected chi connectivity index (χ4v) is 3.13. The van der Waals surface area contributed by atoms with Crippen LogP contribution in [0.5, 0.6) is 0 Å². The van der Waals surface area contributed by atoms with Crippen LogP contribution in [0, 0.1) is 5.92 Å². The second kappa shape index (κ2) is 16.0. The fraction of sp³-hybridized carbons (Fsp3) is 0.800. The van der Waals surface area contributed by atoms with Crippen molar-refractivity contribution in [1.29, 1.82) is 0 Å². The van der Waals surface area contributed by atoms with E-state index >= 15 is 0 Å². The third-order valence-electron chi connectivity index (χ3n) is 4.60. The number of aryl methyl sites for hydroxylation is 2. The molecule has 0 aliphatic rings. The summed E-state index contributed by atoms with van der Waals surface area (Å²) in [5.41, 5.74) is 0. The van der Waals surface area contributed by atoms with Gasteiger partial charge in [-0.15, -0.1) is 0 Å². The Morgan fingerprint density at radius 1 is 1.04 bits per heavy atom. The summed E-state index contributed by atoms with van der Waals surface area (Å²) < 4.78 is 2.39. The lowest BCUT2D eigenvalue weighted by Gasteiger charge is -2.14. The van der Waals surface area contributed by atoms with E-state index in [1.165, 1.54) is 70.0 Å². The summed E-state index contributed by atoms with van der Waals surface area (Å²) in [4.78, 5) is 13.1. The van der Waals surface area contributed by atoms with Gasteiger partial charge in [-0.25, -0.2) is 9.78 Å². The van der Waals surface area contributed by atoms with Crippen LogP contribution in [0.25, 0.3) is 0 Å². The largest absolute Gasteiger partial charge is 0.503 e. The van der Waals surface area contributed by atoms with Crippen molar-refractivity contribution in [1.82, 2.24) is 9.55 Å². The van der Waals surface area contributed by atoms with E-state index in [9.17, 15) is 0 Å². The first-order chi connectivity index (χ1) is 12.0. The zero-order chi connectivity index (χ0) is 18.9. The van der Waals surface area contributed by atoms with Crippen molar-refractivity contribution >= 4 is 6.16 Å². The van der Waals surface area contributed by atoms with Crippen molar-refractivity contribution in [2.75, 3.05) is 0 Å². The zero-order valence-corrected chi connectivity index (χ0v) is 16.4. The molecule has 0 aliphatic heterocycles. The molecular formula is C20H38N2O3. The maximum absolute atomic E-state index is 8.56. The molecule has 0 spiro atoms. The molecule has 0 amide bonds. The van der Waals surface area contributed by atoms with Gasteiger partial charge in [-0.2, -0.15) is 0 Å². The summed E-state index contributed by atoms with van der Waals surface area (Å²) in [5, 5.41) is 13.9. The summed E-state index contributed by atoms with van der Waals surface area (Å²) >= 11 is 0. The van der Waals surface area contributed by atoms with Crippen molar-refractivity contribution in [2.24, 2.45) is 5.92 Å². The topological polar surface area (TPSA) is 75.4 Å². The zero-order valence-electron chi connectivity index (χ0n) is 16.4. The number of hydrogen-bond acceptors (Lipinski definition) is 2. The Bertz CT molecular complexity index is 428. The average molecular weight is 355 g/mol. The highest BCUT2D eigenvalue weighted by molar-refractivity contribution is 5.53. The van der Waals surface area contributed by atoms with Gasteiger partial charge in [-0.1, -0.05) is 72.1 Å². The van der Waals surface area contributed by atoms with Gasteiger partial charge < -0.3 is 14.8 Å². The molecule has 0 aromatic carbocycles. The van der Waals surface area contributed by atoms with Crippen LogP contribution in [0.2, 0.25) is 0 Å². The normalized spacial score (nSPS) is 11.6. The first kappa shape index (κ1) is 23.5. The van der Waals surface area contributed by atoms with Crippen LogP contribution in [0.15, 0.2) is 12.4 Å². The predicted molar refractivity (Wildman–Crippen MR) is 103 cm³/mol. The lowest BCUT2D eigenvalue weighted by Crippen LogP contribution is -2.07. The minimum atomic E-state index is -1.83. The Morgan fingerprint density at radius 2 is 1.68 bits per heavy atom. The van der Waals surface area contributed by atoms with Crippen LogP contribution in [0.3, 0.4) is 0 Å². The third-order valence-corrected chi connectivity index (χ3v) is 4.60. The smallest absolute Gasteiger partial charge is 0.450 e. The highest BCUT2D eigenvalue weighted by Crippen LogP contribution is 2.18. The van der Waals surface area contributed by atoms with E-state index in [1.54, 1.807) is 0 Å². The molecule has 5 heteroatoms. The molecule has 0 bridgehead atoms. The number of aromatic nitrogens is 2. The lowest BCUT2D eigenvalue weighted by molar-refractivity contribution is 0.137. The van der Waals surface area contributed by atoms with Crippen molar-refractivity contribution < 1.29 is 15.0 Å². The minimum Gasteiger partial charge on any atom is -0.450 e. The van der Waals surface area contributed by atoms with Gasteiger partial charge in [0.05, 0.1) is 0 Å². The maximum Gasteiger partial charge on any atom is 0.503 e. The molecule has 0 saturated heterocycles. The standard InChI is InChI=1S/C19H36N2.CH2O3/c1-4-7-8-9-10-11-16-21-17-15-20-19(21)14-13-18(6-3)12-5-2;2-1(3)4/h15,17-18H,4-14,16H2,1-3H3;(H2,2,3,4). The van der Waals surface area contributed by atoms with Gasteiger partial charge in [0.15, 0.2) is 0 Å². The summed E-state index contributed by atoms with van der Waals surface area (Å²) in [5.74, 6) is 2.19. The molecule has 1 aromatic rings. The van der Waals surface area contributed by atoms with Gasteiger partial charge >= 0.3 is 6.16 Å². The van der Waals surface area contributed by atoms with Crippen LogP contribution < -0.4 is 0 Å². The predicted octanol–water partition coefficient (Wildman–Crippen LogP) is 6.22. The van der Waals surface area contributed by atoms with E-state index in [0.717, 1.165) is 18.9 Å². The van der Waals surface area contributed by atoms with Crippen LogP contribution in [-0.4, -0.2) is 25.9 Å². The van der Waals surface area contributed by atoms with Gasteiger partial charge in [-0.3, -0.25) is 0 Å². The van der Waals surface area contributed by atoms with Gasteiger partial charge in [0.1, 0.15) is 5.82 Å². The van der Waals surface area contributed by atoms with E-state index in [0.29, 0.717) is 0 Å². The third kappa shape index (κ3) is 13.4. The number of imidazole rings is 1. The van der Waals surface area contributed by atoms with Gasteiger partial charge in [0.25, 0.3) is 0 Å². The molecule has 0 fully saturated rings. The number of nitrogens with zero attached hydrogens (tertiary/aromatic N) is 2. The molecule has 0 aliphatic carbocycles. The van der Waals surface area contributed by atoms with Crippen molar-refractivity contribution in [2.45, 2.75) is 97.9 Å². The summed E-state index contributed by atoms with van der Waals surface area (Å²) in [6.45, 7) is 8.05. The molecular weight excluding hydrogens is 316 g/mol. The first-order valence-electron chi connectivity index (χ1n) is 9.96. The van der Waals surface area contributed by atoms with E-state index in [4.69, 9.17) is 15.0 Å². The molecule has 25 heavy (non-hydrogen) atoms. The molecule has 1 aromatic heterocycles. The molecule has 146 valence electrons. The number of carboxylic acid groups (broad SMARTS) is 2. The average Bonchev–Trinajstić information content (AvgIpc) is 3.01. The quantitative estimate of drug-likeness (QED) is 0.412. The van der Waals surface area contributed by atoms with Crippen LogP contribution >= 0.6 is 0 Å². The van der Waals surface area contributed by atoms with Crippen LogP contribution in [-0.2, 0) is 13.0 Å². The number of hydrogen-bond donors (Lipinski definition) is 2. The summed E-state index contributed by atoms with van der Waals surface area (Å²) in [7, 11) is 0. The highest BCUT2D eigenvalue weighted by Gasteiger charge is 2.08. The molecule has 0 saturated carbocycles. The van der Waals surface area contributed by atoms with Crippen LogP contribution in [0.4, 0.5) is 4.79 Å². The van der Waals surface area contributed by atoms with Gasteiger partial charge in [0, 0.05) is 25.4 Å². The Kier molecular flexibility index (Phi) is 15.0. The van der Waals surface area contributed by atoms with Gasteiger partial charge in [-0.05, 0) is 18.8 Å². The highest BCUT2D eigenvalue weighted by atomic mass is 16.6. The molecule has 1 heterocycles. The lowest BCUT2D eigenvalue weighted by atomic mass is 9.95. The molecule has 2 N–H and O–H groups in total. The Morgan fingerprint density at radius 3 is 2.28 bits per heavy atom. The molecule has 1 unspecified atom stereocenters. The molecule has 1 atom stereocenters. The number of unbranched alkanes of at least 4 members (excludes halogenated alkanes) is 5. The Hall–Kier alpha value is -1.52. The second-order valence-corrected chi connectivity index (χ2v) is 6.69. The van der Waals surface area contributed by atoms with E-state index in [2.05, 4.69) is 36.5 Å². The van der Waals surface area contributed by atoms with Gasteiger partial charge in [0.2, 0.25) is 0 Å². The van der Waals surface area contributed by atoms with Crippen molar-refractivity contribution in [3.05, 3.63) is 18.2 Å². The SMILES string of the molecule is CCCCCCCCn1ccnc1CCC(CC)CCC.O=C(O)O. The molecule has 1 rings (SSSR count). The molecule has 5 nitrogen and oxygen atoms in total. The van der Waals surface area contributed by atoms with E-state index in [1.807, 2.05) is 6.20 Å². The van der Waals surface area contributed by atoms with Crippen molar-refractivity contribution in [3.8, 4) is 0 Å². The maximum atomic E-state index is 8.56. The summed E-state index contributed by atoms with van der Waals surface area (Å²) in [6, 6.07) is 0. The van der Waals surface area contributed by atoms with E-state index < -0.39 is 6.16 Å². The first-order valence-corrected chi connectivity index (χ1v) is 9.96. The second-order valence-electron chi connectivity index (χ2n) is 6.69. The molecule has 0 radical (unpaired) electrons. The summed E-state index contributed by atoms with van der Waals surface area (Å²) in [6.07, 6.45) is 17.0. The fourth-order valence-electron chi connectivity index (χ4n) is 3.13. The van der Waals surface area contributed by atoms with Crippen molar-refractivity contribution in [3.63, 3.8) is 0 Å². The number of carbonyl (C=O) groups is 1. The minimum absolute atomic E-state index is 0.884.